The lowest BCUT2D eigenvalue weighted by molar-refractivity contribution is -0.141. The average Bonchev–Trinajstić information content (AvgIpc) is 2.78. The van der Waals surface area contributed by atoms with Gasteiger partial charge in [0, 0.05) is 15.6 Å². The Morgan fingerprint density at radius 3 is 2.13 bits per heavy atom. The van der Waals surface area contributed by atoms with Gasteiger partial charge in [-0.1, -0.05) is 22.0 Å². The van der Waals surface area contributed by atoms with Crippen molar-refractivity contribution in [2.45, 2.75) is 12.4 Å². The van der Waals surface area contributed by atoms with E-state index in [1.54, 1.807) is 0 Å². The van der Waals surface area contributed by atoms with Crippen LogP contribution in [0, 0.1) is 0 Å². The van der Waals surface area contributed by atoms with Crippen LogP contribution >= 0.6 is 31.9 Å². The van der Waals surface area contributed by atoms with E-state index in [2.05, 4.69) is 36.8 Å². The summed E-state index contributed by atoms with van der Waals surface area (Å²) in [5, 5.41) is 0. The molecule has 0 aliphatic carbocycles. The molecule has 0 atom stereocenters. The molecule has 1 heterocycles. The zero-order valence-electron chi connectivity index (χ0n) is 10.6. The first-order chi connectivity index (χ1) is 10.4. The van der Waals surface area contributed by atoms with Gasteiger partial charge in [-0.15, -0.1) is 0 Å². The van der Waals surface area contributed by atoms with Gasteiger partial charge in [0.25, 0.3) is 5.78 Å². The average molecular weight is 466 g/mol. The molecule has 1 aromatic carbocycles. The maximum atomic E-state index is 12.7. The molecule has 2 rings (SSSR count). The van der Waals surface area contributed by atoms with Crippen LogP contribution < -0.4 is 0 Å². The van der Waals surface area contributed by atoms with Crippen LogP contribution in [0.2, 0.25) is 0 Å². The van der Waals surface area contributed by atoms with Gasteiger partial charge in [0.05, 0.1) is 0 Å². The fourth-order valence-electron chi connectivity index (χ4n) is 1.68. The molecular weight excluding hydrogens is 462 g/mol. The molecule has 0 spiro atoms. The van der Waals surface area contributed by atoms with Gasteiger partial charge in [-0.25, -0.2) is 4.98 Å². The van der Waals surface area contributed by atoms with Crippen LogP contribution in [0.5, 0.6) is 0 Å². The maximum Gasteiger partial charge on any atom is 0.454 e. The summed E-state index contributed by atoms with van der Waals surface area (Å²) in [4.78, 5) is 16.8. The van der Waals surface area contributed by atoms with Crippen LogP contribution in [-0.2, 0) is 6.18 Å². The van der Waals surface area contributed by atoms with E-state index in [9.17, 15) is 31.1 Å². The molecule has 0 saturated carbocycles. The molecule has 11 heteroatoms. The quantitative estimate of drug-likeness (QED) is 0.479. The van der Waals surface area contributed by atoms with Crippen molar-refractivity contribution in [2.24, 2.45) is 0 Å². The van der Waals surface area contributed by atoms with Crippen molar-refractivity contribution in [3.05, 3.63) is 38.5 Å². The van der Waals surface area contributed by atoms with E-state index in [1.807, 2.05) is 4.98 Å². The number of hydrogen-bond donors (Lipinski definition) is 1. The van der Waals surface area contributed by atoms with Crippen LogP contribution in [0.3, 0.4) is 0 Å². The number of nitrogens with one attached hydrogen (secondary N) is 1. The lowest BCUT2D eigenvalue weighted by Crippen LogP contribution is -2.22. The monoisotopic (exact) mass is 464 g/mol. The molecule has 124 valence electrons. The number of rotatable bonds is 2. The minimum atomic E-state index is -5.04. The normalized spacial score (nSPS) is 12.5. The first-order valence-corrected chi connectivity index (χ1v) is 7.24. The number of alkyl halides is 6. The second kappa shape index (κ2) is 5.93. The zero-order valence-corrected chi connectivity index (χ0v) is 13.8. The number of hydrogen-bond acceptors (Lipinski definition) is 2. The summed E-state index contributed by atoms with van der Waals surface area (Å²) >= 11 is 5.59. The summed E-state index contributed by atoms with van der Waals surface area (Å²) < 4.78 is 74.7. The molecule has 3 nitrogen and oxygen atoms in total. The smallest absolute Gasteiger partial charge is 0.333 e. The Hall–Kier alpha value is -1.36. The molecule has 0 aliphatic heterocycles. The Labute approximate surface area is 141 Å². The SMILES string of the molecule is O=C(c1ccc(-c2nc(Br)c(C(F)(F)F)[nH]2)c(Br)c1)C(F)(F)F. The largest absolute Gasteiger partial charge is 0.454 e. The number of H-pyrrole nitrogens is 1. The van der Waals surface area contributed by atoms with Gasteiger partial charge >= 0.3 is 12.4 Å². The summed E-state index contributed by atoms with van der Waals surface area (Å²) in [6.07, 6.45) is -9.72. The van der Waals surface area contributed by atoms with Crippen molar-refractivity contribution in [1.82, 2.24) is 9.97 Å². The number of halogens is 8. The van der Waals surface area contributed by atoms with Crippen LogP contribution in [0.25, 0.3) is 11.4 Å². The minimum absolute atomic E-state index is 0.0115. The van der Waals surface area contributed by atoms with Gasteiger partial charge < -0.3 is 4.98 Å². The lowest BCUT2D eigenvalue weighted by atomic mass is 10.1. The number of benzene rings is 1. The highest BCUT2D eigenvalue weighted by Crippen LogP contribution is 2.37. The molecule has 0 amide bonds. The molecule has 2 aromatic rings. The van der Waals surface area contributed by atoms with E-state index in [0.717, 1.165) is 18.2 Å². The second-order valence-electron chi connectivity index (χ2n) is 4.27. The highest BCUT2D eigenvalue weighted by atomic mass is 79.9. The number of Topliss-reactive ketones (excluding diaryl/α,β-unsaturated/α-hetero) is 1. The maximum absolute atomic E-state index is 12.7. The van der Waals surface area contributed by atoms with E-state index in [-0.39, 0.29) is 15.9 Å². The number of carbonyl (C=O) groups is 1. The van der Waals surface area contributed by atoms with Gasteiger partial charge in [0.2, 0.25) is 0 Å². The molecule has 0 unspecified atom stereocenters. The highest BCUT2D eigenvalue weighted by Gasteiger charge is 2.39. The summed E-state index contributed by atoms with van der Waals surface area (Å²) in [7, 11) is 0. The Balaban J connectivity index is 2.45. The molecule has 0 aliphatic rings. The van der Waals surface area contributed by atoms with Gasteiger partial charge in [0.15, 0.2) is 5.69 Å². The van der Waals surface area contributed by atoms with Gasteiger partial charge in [-0.05, 0) is 28.1 Å². The number of imidazole rings is 1. The summed E-state index contributed by atoms with van der Waals surface area (Å²) in [6, 6.07) is 2.79. The lowest BCUT2D eigenvalue weighted by Gasteiger charge is -2.07. The third-order valence-corrected chi connectivity index (χ3v) is 3.92. The fraction of sp³-hybridized carbons (Fsp3) is 0.167. The summed E-state index contributed by atoms with van der Waals surface area (Å²) in [6.45, 7) is 0. The van der Waals surface area contributed by atoms with Crippen LogP contribution in [-0.4, -0.2) is 21.9 Å². The first-order valence-electron chi connectivity index (χ1n) is 5.65. The molecular formula is C12H4Br2F6N2O. The predicted molar refractivity (Wildman–Crippen MR) is 74.8 cm³/mol. The van der Waals surface area contributed by atoms with Crippen molar-refractivity contribution in [3.8, 4) is 11.4 Å². The van der Waals surface area contributed by atoms with Crippen molar-refractivity contribution in [2.75, 3.05) is 0 Å². The Morgan fingerprint density at radius 1 is 1.09 bits per heavy atom. The summed E-state index contributed by atoms with van der Waals surface area (Å²) in [5.74, 6) is -2.27. The Bertz CT molecular complexity index is 766. The van der Waals surface area contributed by atoms with Crippen LogP contribution in [0.4, 0.5) is 26.3 Å². The third kappa shape index (κ3) is 3.77. The molecule has 0 radical (unpaired) electrons. The van der Waals surface area contributed by atoms with Crippen LogP contribution in [0.1, 0.15) is 16.1 Å². The molecule has 23 heavy (non-hydrogen) atoms. The van der Waals surface area contributed by atoms with E-state index in [1.165, 1.54) is 0 Å². The van der Waals surface area contributed by atoms with E-state index in [0.29, 0.717) is 0 Å². The second-order valence-corrected chi connectivity index (χ2v) is 5.88. The van der Waals surface area contributed by atoms with E-state index in [4.69, 9.17) is 0 Å². The minimum Gasteiger partial charge on any atom is -0.333 e. The number of nitrogens with zero attached hydrogens (tertiary/aromatic N) is 1. The van der Waals surface area contributed by atoms with Gasteiger partial charge in [0.1, 0.15) is 10.4 Å². The Kier molecular flexibility index (Phi) is 4.64. The van der Waals surface area contributed by atoms with Gasteiger partial charge in [-0.2, -0.15) is 26.3 Å². The van der Waals surface area contributed by atoms with Crippen molar-refractivity contribution >= 4 is 37.6 Å². The van der Waals surface area contributed by atoms with Crippen molar-refractivity contribution in [3.63, 3.8) is 0 Å². The van der Waals surface area contributed by atoms with Gasteiger partial charge in [-0.3, -0.25) is 4.79 Å². The highest BCUT2D eigenvalue weighted by molar-refractivity contribution is 9.10. The van der Waals surface area contributed by atoms with Crippen molar-refractivity contribution < 1.29 is 31.1 Å². The first kappa shape index (κ1) is 18.0. The number of aromatic amines is 1. The van der Waals surface area contributed by atoms with Crippen molar-refractivity contribution in [1.29, 1.82) is 0 Å². The van der Waals surface area contributed by atoms with E-state index < -0.39 is 34.0 Å². The van der Waals surface area contributed by atoms with Crippen LogP contribution in [0.15, 0.2) is 27.3 Å². The molecule has 0 fully saturated rings. The molecule has 0 bridgehead atoms. The fourth-order valence-corrected chi connectivity index (χ4v) is 2.75. The molecule has 0 saturated heterocycles. The standard InChI is InChI=1S/C12H4Br2F6N2O/c13-6-3-4(8(23)12(18,19)20)1-2-5(6)10-21-7(9(14)22-10)11(15,16)17/h1-3H,(H,21,22). The topological polar surface area (TPSA) is 45.8 Å². The molecule has 1 N–H and O–H groups in total. The number of carbonyl (C=O) groups excluding carboxylic acids is 1. The summed E-state index contributed by atoms with van der Waals surface area (Å²) in [5.41, 5.74) is -1.70. The zero-order chi connectivity index (χ0) is 17.6. The molecule has 1 aromatic heterocycles. The Morgan fingerprint density at radius 2 is 1.70 bits per heavy atom. The number of aromatic nitrogens is 2. The third-order valence-electron chi connectivity index (χ3n) is 2.69. The van der Waals surface area contributed by atoms with E-state index >= 15 is 0 Å². The predicted octanol–water partition coefficient (Wildman–Crippen LogP) is 5.37. The number of ketones is 1.